The van der Waals surface area contributed by atoms with Crippen molar-refractivity contribution in [2.75, 3.05) is 19.7 Å². The number of likely N-dealkylation sites (tertiary alicyclic amines) is 1. The number of nitrogens with zero attached hydrogens (tertiary/aromatic N) is 6. The van der Waals surface area contributed by atoms with Crippen LogP contribution in [0.2, 0.25) is 0 Å². The predicted octanol–water partition coefficient (Wildman–Crippen LogP) is 1.32. The number of esters is 1. The number of ether oxygens (including phenoxy) is 1. The fourth-order valence-electron chi connectivity index (χ4n) is 3.22. The third kappa shape index (κ3) is 3.71. The monoisotopic (exact) mass is 347 g/mol. The van der Waals surface area contributed by atoms with Gasteiger partial charge in [-0.3, -0.25) is 10.00 Å². The molecule has 0 aliphatic carbocycles. The summed E-state index contributed by atoms with van der Waals surface area (Å²) in [6, 6.07) is 0. The van der Waals surface area contributed by atoms with Crippen LogP contribution in [0.15, 0.2) is 6.20 Å². The number of rotatable bonds is 5. The normalized spacial score (nSPS) is 18.6. The van der Waals surface area contributed by atoms with Crippen molar-refractivity contribution in [3.8, 4) is 0 Å². The number of tetrazole rings is 1. The number of H-pyrrole nitrogens is 1. The molecule has 1 aliphatic rings. The number of hydrogen-bond acceptors (Lipinski definition) is 7. The Morgan fingerprint density at radius 1 is 1.44 bits per heavy atom. The van der Waals surface area contributed by atoms with Gasteiger partial charge in [0.2, 0.25) is 0 Å². The predicted molar refractivity (Wildman–Crippen MR) is 90.0 cm³/mol. The second kappa shape index (κ2) is 6.91. The zero-order valence-electron chi connectivity index (χ0n) is 15.2. The summed E-state index contributed by atoms with van der Waals surface area (Å²) in [5.74, 6) is 0.755. The topological polar surface area (TPSA) is 102 Å². The standard InChI is InChI=1S/C16H25N7O2/c1-5-25-15(24)12-8-17-19-14(12)11-6-7-22(9-11)10-13-18-20-21-23(13)16(2,3)4/h8,11H,5-7,9-10H2,1-4H3,(H,17,19). The van der Waals surface area contributed by atoms with Crippen LogP contribution in [0.4, 0.5) is 0 Å². The van der Waals surface area contributed by atoms with Gasteiger partial charge >= 0.3 is 5.97 Å². The molecule has 0 radical (unpaired) electrons. The van der Waals surface area contributed by atoms with Gasteiger partial charge in [0.1, 0.15) is 5.56 Å². The zero-order valence-corrected chi connectivity index (χ0v) is 15.2. The summed E-state index contributed by atoms with van der Waals surface area (Å²) in [6.45, 7) is 10.8. The summed E-state index contributed by atoms with van der Waals surface area (Å²) in [5, 5.41) is 19.1. The van der Waals surface area contributed by atoms with Crippen molar-refractivity contribution in [1.29, 1.82) is 0 Å². The maximum absolute atomic E-state index is 12.1. The smallest absolute Gasteiger partial charge is 0.341 e. The van der Waals surface area contributed by atoms with Gasteiger partial charge in [-0.15, -0.1) is 5.10 Å². The third-order valence-corrected chi connectivity index (χ3v) is 4.38. The van der Waals surface area contributed by atoms with Gasteiger partial charge in [-0.25, -0.2) is 9.48 Å². The molecule has 9 nitrogen and oxygen atoms in total. The number of hydrogen-bond donors (Lipinski definition) is 1. The molecule has 0 spiro atoms. The first-order valence-electron chi connectivity index (χ1n) is 8.60. The van der Waals surface area contributed by atoms with Gasteiger partial charge < -0.3 is 4.74 Å². The second-order valence-corrected chi connectivity index (χ2v) is 7.32. The number of carbonyl (C=O) groups excluding carboxylic acids is 1. The Hall–Kier alpha value is -2.29. The Morgan fingerprint density at radius 3 is 2.96 bits per heavy atom. The Morgan fingerprint density at radius 2 is 2.24 bits per heavy atom. The van der Waals surface area contributed by atoms with Gasteiger partial charge in [0, 0.05) is 12.5 Å². The Balaban J connectivity index is 1.68. The van der Waals surface area contributed by atoms with Crippen LogP contribution in [-0.2, 0) is 16.8 Å². The summed E-state index contributed by atoms with van der Waals surface area (Å²) >= 11 is 0. The van der Waals surface area contributed by atoms with E-state index in [4.69, 9.17) is 4.74 Å². The lowest BCUT2D eigenvalue weighted by atomic mass is 10.0. The molecule has 136 valence electrons. The molecular formula is C16H25N7O2. The highest BCUT2D eigenvalue weighted by molar-refractivity contribution is 5.90. The van der Waals surface area contributed by atoms with Gasteiger partial charge in [0.05, 0.1) is 30.6 Å². The first-order valence-corrected chi connectivity index (χ1v) is 8.60. The van der Waals surface area contributed by atoms with E-state index < -0.39 is 0 Å². The number of aromatic nitrogens is 6. The molecule has 9 heteroatoms. The minimum atomic E-state index is -0.318. The number of nitrogens with one attached hydrogen (secondary N) is 1. The first-order chi connectivity index (χ1) is 11.9. The molecule has 1 unspecified atom stereocenters. The van der Waals surface area contributed by atoms with Crippen LogP contribution in [0.25, 0.3) is 0 Å². The van der Waals surface area contributed by atoms with E-state index in [1.54, 1.807) is 13.1 Å². The fraction of sp³-hybridized carbons (Fsp3) is 0.688. The summed E-state index contributed by atoms with van der Waals surface area (Å²) < 4.78 is 6.97. The van der Waals surface area contributed by atoms with Crippen molar-refractivity contribution in [2.45, 2.75) is 52.1 Å². The van der Waals surface area contributed by atoms with Gasteiger partial charge in [-0.1, -0.05) is 0 Å². The van der Waals surface area contributed by atoms with Crippen molar-refractivity contribution in [2.24, 2.45) is 0 Å². The van der Waals surface area contributed by atoms with Crippen LogP contribution >= 0.6 is 0 Å². The average molecular weight is 347 g/mol. The molecule has 1 N–H and O–H groups in total. The number of aromatic amines is 1. The van der Waals surface area contributed by atoms with Crippen LogP contribution in [0.5, 0.6) is 0 Å². The van der Waals surface area contributed by atoms with Crippen molar-refractivity contribution in [3.05, 3.63) is 23.3 Å². The van der Waals surface area contributed by atoms with Crippen molar-refractivity contribution < 1.29 is 9.53 Å². The summed E-state index contributed by atoms with van der Waals surface area (Å²) in [5.41, 5.74) is 1.24. The van der Waals surface area contributed by atoms with E-state index in [2.05, 4.69) is 51.4 Å². The van der Waals surface area contributed by atoms with Gasteiger partial charge in [0.25, 0.3) is 0 Å². The van der Waals surface area contributed by atoms with E-state index in [-0.39, 0.29) is 17.4 Å². The molecule has 1 aliphatic heterocycles. The molecule has 1 saturated heterocycles. The summed E-state index contributed by atoms with van der Waals surface area (Å²) in [6.07, 6.45) is 2.50. The largest absolute Gasteiger partial charge is 0.462 e. The molecule has 2 aromatic rings. The molecule has 0 amide bonds. The molecule has 1 atom stereocenters. The summed E-state index contributed by atoms with van der Waals surface area (Å²) in [4.78, 5) is 14.4. The Bertz CT molecular complexity index is 731. The third-order valence-electron chi connectivity index (χ3n) is 4.38. The maximum Gasteiger partial charge on any atom is 0.341 e. The molecule has 3 heterocycles. The highest BCUT2D eigenvalue weighted by Gasteiger charge is 2.31. The SMILES string of the molecule is CCOC(=O)c1cn[nH]c1C1CCN(Cc2nnnn2C(C)(C)C)C1. The second-order valence-electron chi connectivity index (χ2n) is 7.32. The highest BCUT2D eigenvalue weighted by Crippen LogP contribution is 2.29. The van der Waals surface area contributed by atoms with Gasteiger partial charge in [0.15, 0.2) is 5.82 Å². The highest BCUT2D eigenvalue weighted by atomic mass is 16.5. The van der Waals surface area contributed by atoms with E-state index in [1.165, 1.54) is 0 Å². The van der Waals surface area contributed by atoms with Crippen LogP contribution in [0.1, 0.15) is 61.9 Å². The summed E-state index contributed by atoms with van der Waals surface area (Å²) in [7, 11) is 0. The lowest BCUT2D eigenvalue weighted by Crippen LogP contribution is -2.29. The van der Waals surface area contributed by atoms with E-state index in [1.807, 2.05) is 4.68 Å². The first kappa shape index (κ1) is 17.5. The maximum atomic E-state index is 12.1. The van der Waals surface area contributed by atoms with Crippen LogP contribution in [-0.4, -0.2) is 61.0 Å². The molecule has 2 aromatic heterocycles. The molecule has 3 rings (SSSR count). The van der Waals surface area contributed by atoms with Crippen molar-refractivity contribution in [3.63, 3.8) is 0 Å². The lowest BCUT2D eigenvalue weighted by molar-refractivity contribution is 0.0524. The molecule has 0 aromatic carbocycles. The lowest BCUT2D eigenvalue weighted by Gasteiger charge is -2.22. The van der Waals surface area contributed by atoms with E-state index in [0.29, 0.717) is 18.7 Å². The minimum absolute atomic E-state index is 0.154. The number of carbonyl (C=O) groups is 1. The van der Waals surface area contributed by atoms with Crippen LogP contribution in [0.3, 0.4) is 0 Å². The van der Waals surface area contributed by atoms with Crippen LogP contribution in [0, 0.1) is 0 Å². The molecular weight excluding hydrogens is 322 g/mol. The van der Waals surface area contributed by atoms with Crippen molar-refractivity contribution >= 4 is 5.97 Å². The molecule has 25 heavy (non-hydrogen) atoms. The molecule has 1 fully saturated rings. The van der Waals surface area contributed by atoms with Gasteiger partial charge in [-0.2, -0.15) is 5.10 Å². The Labute approximate surface area is 146 Å². The van der Waals surface area contributed by atoms with Crippen molar-refractivity contribution in [1.82, 2.24) is 35.3 Å². The van der Waals surface area contributed by atoms with E-state index in [0.717, 1.165) is 31.0 Å². The quantitative estimate of drug-likeness (QED) is 0.814. The van der Waals surface area contributed by atoms with Gasteiger partial charge in [-0.05, 0) is 51.1 Å². The minimum Gasteiger partial charge on any atom is -0.462 e. The fourth-order valence-corrected chi connectivity index (χ4v) is 3.22. The van der Waals surface area contributed by atoms with E-state index >= 15 is 0 Å². The molecule has 0 saturated carbocycles. The zero-order chi connectivity index (χ0) is 18.0. The average Bonchev–Trinajstić information content (AvgIpc) is 3.26. The van der Waals surface area contributed by atoms with Crippen LogP contribution < -0.4 is 0 Å². The Kier molecular flexibility index (Phi) is 4.85. The molecule has 0 bridgehead atoms. The van der Waals surface area contributed by atoms with E-state index in [9.17, 15) is 4.79 Å².